The topological polar surface area (TPSA) is 52.0 Å². The van der Waals surface area contributed by atoms with E-state index in [0.717, 1.165) is 47.7 Å². The minimum absolute atomic E-state index is 0.403. The van der Waals surface area contributed by atoms with Crippen LogP contribution in [0.1, 0.15) is 57.8 Å². The smallest absolute Gasteiger partial charge is 0.158 e. The van der Waals surface area contributed by atoms with Gasteiger partial charge in [0.15, 0.2) is 5.82 Å². The molecule has 144 valence electrons. The molecule has 2 aromatic heterocycles. The van der Waals surface area contributed by atoms with Gasteiger partial charge in [0.05, 0.1) is 12.3 Å². The minimum atomic E-state index is 0.403. The zero-order valence-electron chi connectivity index (χ0n) is 17.0. The molecule has 27 heavy (non-hydrogen) atoms. The van der Waals surface area contributed by atoms with Crippen LogP contribution in [0.2, 0.25) is 0 Å². The molecule has 0 bridgehead atoms. The van der Waals surface area contributed by atoms with E-state index in [0.29, 0.717) is 12.5 Å². The Balaban J connectivity index is 2.21. The number of fused-ring (bicyclic) bond motifs is 1. The number of hydrogen-bond donors (Lipinski definition) is 1. The van der Waals surface area contributed by atoms with Crippen LogP contribution in [0.25, 0.3) is 16.5 Å². The predicted octanol–water partition coefficient (Wildman–Crippen LogP) is 5.46. The normalized spacial score (nSPS) is 12.3. The number of aromatic nitrogens is 3. The van der Waals surface area contributed by atoms with Crippen molar-refractivity contribution in [3.63, 3.8) is 0 Å². The van der Waals surface area contributed by atoms with Gasteiger partial charge in [-0.15, -0.1) is 5.10 Å². The van der Waals surface area contributed by atoms with Gasteiger partial charge in [0.2, 0.25) is 0 Å². The molecule has 1 N–H and O–H groups in total. The first-order chi connectivity index (χ1) is 13.1. The quantitative estimate of drug-likeness (QED) is 0.575. The van der Waals surface area contributed by atoms with E-state index in [1.807, 2.05) is 26.0 Å². The first kappa shape index (κ1) is 19.2. The van der Waals surface area contributed by atoms with E-state index < -0.39 is 0 Å². The molecule has 3 aromatic rings. The van der Waals surface area contributed by atoms with Crippen LogP contribution in [0.5, 0.6) is 5.75 Å². The third-order valence-corrected chi connectivity index (χ3v) is 5.02. The second kappa shape index (κ2) is 8.42. The summed E-state index contributed by atoms with van der Waals surface area (Å²) in [6, 6.07) is 8.29. The highest BCUT2D eigenvalue weighted by molar-refractivity contribution is 5.96. The minimum Gasteiger partial charge on any atom is -0.494 e. The molecule has 0 saturated heterocycles. The average molecular weight is 367 g/mol. The lowest BCUT2D eigenvalue weighted by Crippen LogP contribution is -2.07. The van der Waals surface area contributed by atoms with E-state index in [1.165, 1.54) is 11.1 Å². The Morgan fingerprint density at radius 1 is 1.11 bits per heavy atom. The molecule has 0 aliphatic heterocycles. The number of ether oxygens (including phenoxy) is 1. The van der Waals surface area contributed by atoms with Crippen molar-refractivity contribution in [3.05, 3.63) is 41.9 Å². The number of nitrogens with zero attached hydrogens (tertiary/aromatic N) is 3. The van der Waals surface area contributed by atoms with Crippen molar-refractivity contribution < 1.29 is 4.74 Å². The maximum Gasteiger partial charge on any atom is 0.158 e. The Kier molecular flexibility index (Phi) is 5.99. The summed E-state index contributed by atoms with van der Waals surface area (Å²) in [6.45, 7) is 12.3. The summed E-state index contributed by atoms with van der Waals surface area (Å²) in [5.74, 6) is 2.19. The van der Waals surface area contributed by atoms with Crippen molar-refractivity contribution in [2.24, 2.45) is 0 Å². The fourth-order valence-corrected chi connectivity index (χ4v) is 3.40. The van der Waals surface area contributed by atoms with Gasteiger partial charge in [0, 0.05) is 34.9 Å². The fraction of sp³-hybridized carbons (Fsp3) is 0.455. The lowest BCUT2D eigenvalue weighted by molar-refractivity contribution is 0.340. The summed E-state index contributed by atoms with van der Waals surface area (Å²) in [6.07, 6.45) is 4.31. The summed E-state index contributed by atoms with van der Waals surface area (Å²) >= 11 is 0. The zero-order chi connectivity index (χ0) is 19.4. The maximum atomic E-state index is 5.60. The Labute approximate surface area is 161 Å². The Bertz CT molecular complexity index is 899. The Morgan fingerprint density at radius 3 is 2.48 bits per heavy atom. The van der Waals surface area contributed by atoms with Gasteiger partial charge in [0.1, 0.15) is 5.75 Å². The van der Waals surface area contributed by atoms with Gasteiger partial charge in [-0.1, -0.05) is 20.8 Å². The van der Waals surface area contributed by atoms with Gasteiger partial charge in [-0.05, 0) is 56.9 Å². The van der Waals surface area contributed by atoms with Gasteiger partial charge in [0.25, 0.3) is 0 Å². The number of hydrogen-bond acceptors (Lipinski definition) is 4. The highest BCUT2D eigenvalue weighted by atomic mass is 16.5. The van der Waals surface area contributed by atoms with Crippen molar-refractivity contribution in [2.75, 3.05) is 18.5 Å². The molecule has 0 amide bonds. The van der Waals surface area contributed by atoms with Crippen molar-refractivity contribution in [3.8, 4) is 11.4 Å². The van der Waals surface area contributed by atoms with E-state index in [1.54, 1.807) is 0 Å². The van der Waals surface area contributed by atoms with Crippen LogP contribution >= 0.6 is 0 Å². The van der Waals surface area contributed by atoms with Crippen molar-refractivity contribution in [2.45, 2.75) is 53.4 Å². The second-order valence-electron chi connectivity index (χ2n) is 6.97. The molecule has 1 atom stereocenters. The van der Waals surface area contributed by atoms with Gasteiger partial charge >= 0.3 is 0 Å². The van der Waals surface area contributed by atoms with Crippen molar-refractivity contribution >= 4 is 16.6 Å². The molecule has 5 nitrogen and oxygen atoms in total. The molecule has 2 heterocycles. The third-order valence-electron chi connectivity index (χ3n) is 5.02. The molecular weight excluding hydrogens is 336 g/mol. The molecule has 0 aliphatic rings. The number of rotatable bonds is 8. The molecule has 0 radical (unpaired) electrons. The summed E-state index contributed by atoms with van der Waals surface area (Å²) in [4.78, 5) is 0. The Morgan fingerprint density at radius 2 is 1.85 bits per heavy atom. The van der Waals surface area contributed by atoms with Crippen LogP contribution in [0, 0.1) is 6.92 Å². The molecule has 1 unspecified atom stereocenters. The van der Waals surface area contributed by atoms with E-state index >= 15 is 0 Å². The molecule has 0 saturated carbocycles. The first-order valence-corrected chi connectivity index (χ1v) is 9.95. The molecule has 5 heteroatoms. The molecule has 0 fully saturated rings. The SMILES string of the molecule is CCCNc1nnc(C)c2cn(-c3ccc(OCC)cc3)c(C(C)CC)c12. The summed E-state index contributed by atoms with van der Waals surface area (Å²) in [5, 5.41) is 14.7. The lowest BCUT2D eigenvalue weighted by Gasteiger charge is -2.16. The van der Waals surface area contributed by atoms with Crippen LogP contribution in [-0.2, 0) is 0 Å². The van der Waals surface area contributed by atoms with Crippen LogP contribution in [0.4, 0.5) is 5.82 Å². The molecule has 0 aliphatic carbocycles. The van der Waals surface area contributed by atoms with E-state index in [9.17, 15) is 0 Å². The maximum absolute atomic E-state index is 5.60. The highest BCUT2D eigenvalue weighted by Crippen LogP contribution is 2.36. The Hall–Kier alpha value is -2.56. The third kappa shape index (κ3) is 3.77. The number of aryl methyl sites for hydroxylation is 1. The van der Waals surface area contributed by atoms with E-state index in [-0.39, 0.29) is 0 Å². The van der Waals surface area contributed by atoms with E-state index in [4.69, 9.17) is 4.74 Å². The van der Waals surface area contributed by atoms with Crippen LogP contribution in [0.3, 0.4) is 0 Å². The van der Waals surface area contributed by atoms with Crippen molar-refractivity contribution in [1.29, 1.82) is 0 Å². The summed E-state index contributed by atoms with van der Waals surface area (Å²) in [5.41, 5.74) is 3.38. The molecular formula is C22H30N4O. The highest BCUT2D eigenvalue weighted by Gasteiger charge is 2.21. The average Bonchev–Trinajstić information content (AvgIpc) is 3.09. The van der Waals surface area contributed by atoms with Gasteiger partial charge in [-0.2, -0.15) is 5.10 Å². The largest absolute Gasteiger partial charge is 0.494 e. The first-order valence-electron chi connectivity index (χ1n) is 9.95. The summed E-state index contributed by atoms with van der Waals surface area (Å²) in [7, 11) is 0. The van der Waals surface area contributed by atoms with Gasteiger partial charge in [-0.25, -0.2) is 0 Å². The number of nitrogens with one attached hydrogen (secondary N) is 1. The molecule has 0 spiro atoms. The molecule has 1 aromatic carbocycles. The van der Waals surface area contributed by atoms with Crippen molar-refractivity contribution in [1.82, 2.24) is 14.8 Å². The molecule has 3 rings (SSSR count). The standard InChI is InChI=1S/C22H30N4O/c1-6-13-23-22-20-19(16(5)24-25-22)14-26(21(20)15(4)7-2)17-9-11-18(12-10-17)27-8-3/h9-12,14-15H,6-8,13H2,1-5H3,(H,23,25). The predicted molar refractivity (Wildman–Crippen MR) is 112 cm³/mol. The monoisotopic (exact) mass is 366 g/mol. The zero-order valence-corrected chi connectivity index (χ0v) is 17.0. The van der Waals surface area contributed by atoms with Crippen LogP contribution < -0.4 is 10.1 Å². The number of anilines is 1. The van der Waals surface area contributed by atoms with Crippen LogP contribution in [-0.4, -0.2) is 27.9 Å². The van der Waals surface area contributed by atoms with E-state index in [2.05, 4.69) is 59.2 Å². The lowest BCUT2D eigenvalue weighted by atomic mass is 10.0. The van der Waals surface area contributed by atoms with Gasteiger partial charge in [-0.3, -0.25) is 0 Å². The number of benzene rings is 1. The van der Waals surface area contributed by atoms with Gasteiger partial charge < -0.3 is 14.6 Å². The summed E-state index contributed by atoms with van der Waals surface area (Å²) < 4.78 is 7.89. The second-order valence-corrected chi connectivity index (χ2v) is 6.97. The fourth-order valence-electron chi connectivity index (χ4n) is 3.40. The van der Waals surface area contributed by atoms with Crippen LogP contribution in [0.15, 0.2) is 30.5 Å².